The van der Waals surface area contributed by atoms with Gasteiger partial charge in [-0.15, -0.1) is 0 Å². The van der Waals surface area contributed by atoms with E-state index in [0.29, 0.717) is 11.3 Å². The van der Waals surface area contributed by atoms with Crippen molar-refractivity contribution >= 4 is 23.4 Å². The van der Waals surface area contributed by atoms with Gasteiger partial charge >= 0.3 is 6.09 Å². The summed E-state index contributed by atoms with van der Waals surface area (Å²) in [6.45, 7) is 9.34. The van der Waals surface area contributed by atoms with Crippen LogP contribution in [-0.2, 0) is 4.74 Å². The van der Waals surface area contributed by atoms with Gasteiger partial charge in [0.05, 0.1) is 0 Å². The van der Waals surface area contributed by atoms with Crippen LogP contribution in [0.15, 0.2) is 42.5 Å². The van der Waals surface area contributed by atoms with Crippen LogP contribution in [-0.4, -0.2) is 17.6 Å². The standard InChI is InChI=1S/C20H24N2O3/c1-13-8-6-11-17(14(13)2)22-18(23)15-9-7-10-16(12-15)21-19(24)25-20(3,4)5/h6-12H,1-5H3,(H,21,24)(H,22,23). The number of aryl methyl sites for hydroxylation is 1. The summed E-state index contributed by atoms with van der Waals surface area (Å²) < 4.78 is 5.22. The predicted octanol–water partition coefficient (Wildman–Crippen LogP) is 4.90. The highest BCUT2D eigenvalue weighted by Crippen LogP contribution is 2.20. The fourth-order valence-electron chi connectivity index (χ4n) is 2.24. The first-order valence-electron chi connectivity index (χ1n) is 8.13. The second-order valence-electron chi connectivity index (χ2n) is 6.91. The number of carbonyl (C=O) groups excluding carboxylic acids is 2. The summed E-state index contributed by atoms with van der Waals surface area (Å²) in [5.41, 5.74) is 3.28. The van der Waals surface area contributed by atoms with Gasteiger partial charge in [-0.2, -0.15) is 0 Å². The molecule has 0 aromatic heterocycles. The van der Waals surface area contributed by atoms with Gasteiger partial charge in [0.1, 0.15) is 5.60 Å². The summed E-state index contributed by atoms with van der Waals surface area (Å²) in [5, 5.41) is 5.54. The maximum atomic E-state index is 12.5. The van der Waals surface area contributed by atoms with Crippen LogP contribution in [0.1, 0.15) is 42.3 Å². The normalized spacial score (nSPS) is 10.9. The molecule has 0 heterocycles. The highest BCUT2D eigenvalue weighted by Gasteiger charge is 2.16. The molecule has 0 aliphatic carbocycles. The van der Waals surface area contributed by atoms with Crippen LogP contribution in [0.3, 0.4) is 0 Å². The summed E-state index contributed by atoms with van der Waals surface area (Å²) in [7, 11) is 0. The maximum Gasteiger partial charge on any atom is 0.412 e. The third-order valence-electron chi connectivity index (χ3n) is 3.62. The van der Waals surface area contributed by atoms with Crippen LogP contribution in [0.2, 0.25) is 0 Å². The van der Waals surface area contributed by atoms with Gasteiger partial charge in [-0.3, -0.25) is 10.1 Å². The molecule has 5 heteroatoms. The average Bonchev–Trinajstić information content (AvgIpc) is 2.50. The SMILES string of the molecule is Cc1cccc(NC(=O)c2cccc(NC(=O)OC(C)(C)C)c2)c1C. The molecular weight excluding hydrogens is 316 g/mol. The van der Waals surface area contributed by atoms with Crippen molar-refractivity contribution in [2.24, 2.45) is 0 Å². The largest absolute Gasteiger partial charge is 0.444 e. The van der Waals surface area contributed by atoms with E-state index in [1.54, 1.807) is 45.0 Å². The van der Waals surface area contributed by atoms with Gasteiger partial charge in [-0.1, -0.05) is 18.2 Å². The van der Waals surface area contributed by atoms with Crippen LogP contribution in [0.25, 0.3) is 0 Å². The summed E-state index contributed by atoms with van der Waals surface area (Å²) in [4.78, 5) is 24.3. The second-order valence-corrected chi connectivity index (χ2v) is 6.91. The predicted molar refractivity (Wildman–Crippen MR) is 100 cm³/mol. The van der Waals surface area contributed by atoms with Gasteiger partial charge in [-0.25, -0.2) is 4.79 Å². The first kappa shape index (κ1) is 18.5. The van der Waals surface area contributed by atoms with E-state index >= 15 is 0 Å². The summed E-state index contributed by atoms with van der Waals surface area (Å²) in [6.07, 6.45) is -0.556. The molecule has 0 unspecified atom stereocenters. The van der Waals surface area contributed by atoms with Crippen molar-refractivity contribution in [3.63, 3.8) is 0 Å². The van der Waals surface area contributed by atoms with E-state index in [4.69, 9.17) is 4.74 Å². The van der Waals surface area contributed by atoms with Crippen LogP contribution in [0, 0.1) is 13.8 Å². The van der Waals surface area contributed by atoms with Crippen molar-refractivity contribution in [3.05, 3.63) is 59.2 Å². The molecular formula is C20H24N2O3. The van der Waals surface area contributed by atoms with Gasteiger partial charge in [0.15, 0.2) is 0 Å². The minimum atomic E-state index is -0.582. The molecule has 0 spiro atoms. The topological polar surface area (TPSA) is 67.4 Å². The van der Waals surface area contributed by atoms with Gasteiger partial charge in [0.2, 0.25) is 0 Å². The van der Waals surface area contributed by atoms with E-state index in [-0.39, 0.29) is 5.91 Å². The van der Waals surface area contributed by atoms with E-state index in [9.17, 15) is 9.59 Å². The molecule has 2 rings (SSSR count). The van der Waals surface area contributed by atoms with Crippen molar-refractivity contribution < 1.29 is 14.3 Å². The van der Waals surface area contributed by atoms with Crippen LogP contribution < -0.4 is 10.6 Å². The molecule has 2 aromatic carbocycles. The summed E-state index contributed by atoms with van der Waals surface area (Å²) >= 11 is 0. The van der Waals surface area contributed by atoms with Gasteiger partial charge in [-0.05, 0) is 70.0 Å². The molecule has 0 bridgehead atoms. The quantitative estimate of drug-likeness (QED) is 0.835. The van der Waals surface area contributed by atoms with Crippen LogP contribution in [0.5, 0.6) is 0 Å². The molecule has 2 aromatic rings. The minimum Gasteiger partial charge on any atom is -0.444 e. The van der Waals surface area contributed by atoms with Gasteiger partial charge in [0, 0.05) is 16.9 Å². The lowest BCUT2D eigenvalue weighted by Gasteiger charge is -2.19. The zero-order valence-corrected chi connectivity index (χ0v) is 15.3. The van der Waals surface area contributed by atoms with Crippen molar-refractivity contribution in [3.8, 4) is 0 Å². The fourth-order valence-corrected chi connectivity index (χ4v) is 2.24. The molecule has 0 aliphatic heterocycles. The van der Waals surface area contributed by atoms with E-state index in [0.717, 1.165) is 16.8 Å². The molecule has 0 radical (unpaired) electrons. The second kappa shape index (κ2) is 7.38. The molecule has 2 N–H and O–H groups in total. The monoisotopic (exact) mass is 340 g/mol. The summed E-state index contributed by atoms with van der Waals surface area (Å²) in [5.74, 6) is -0.235. The minimum absolute atomic E-state index is 0.235. The Morgan fingerprint density at radius 3 is 2.32 bits per heavy atom. The number of amides is 2. The number of rotatable bonds is 3. The number of carbonyl (C=O) groups is 2. The molecule has 132 valence electrons. The molecule has 0 fully saturated rings. The lowest BCUT2D eigenvalue weighted by molar-refractivity contribution is 0.0635. The van der Waals surface area contributed by atoms with Crippen LogP contribution >= 0.6 is 0 Å². The molecule has 0 aliphatic rings. The first-order valence-corrected chi connectivity index (χ1v) is 8.13. The molecule has 2 amide bonds. The molecule has 0 saturated carbocycles. The van der Waals surface area contributed by atoms with Crippen molar-refractivity contribution in [1.82, 2.24) is 0 Å². The van der Waals surface area contributed by atoms with Crippen molar-refractivity contribution in [2.75, 3.05) is 10.6 Å². The lowest BCUT2D eigenvalue weighted by atomic mass is 10.1. The zero-order valence-electron chi connectivity index (χ0n) is 15.3. The molecule has 0 saturated heterocycles. The maximum absolute atomic E-state index is 12.5. The van der Waals surface area contributed by atoms with Crippen LogP contribution in [0.4, 0.5) is 16.2 Å². The van der Waals surface area contributed by atoms with Gasteiger partial charge in [0.25, 0.3) is 5.91 Å². The molecule has 5 nitrogen and oxygen atoms in total. The Morgan fingerprint density at radius 1 is 0.960 bits per heavy atom. The Balaban J connectivity index is 2.11. The lowest BCUT2D eigenvalue weighted by Crippen LogP contribution is -2.27. The number of hydrogen-bond acceptors (Lipinski definition) is 3. The Hall–Kier alpha value is -2.82. The number of benzene rings is 2. The summed E-state index contributed by atoms with van der Waals surface area (Å²) in [6, 6.07) is 12.5. The molecule has 25 heavy (non-hydrogen) atoms. The number of ether oxygens (including phenoxy) is 1. The number of nitrogens with one attached hydrogen (secondary N) is 2. The van der Waals surface area contributed by atoms with E-state index in [2.05, 4.69) is 10.6 Å². The smallest absolute Gasteiger partial charge is 0.412 e. The van der Waals surface area contributed by atoms with E-state index in [1.807, 2.05) is 32.0 Å². The third-order valence-corrected chi connectivity index (χ3v) is 3.62. The van der Waals surface area contributed by atoms with Gasteiger partial charge < -0.3 is 10.1 Å². The fraction of sp³-hybridized carbons (Fsp3) is 0.300. The number of hydrogen-bond donors (Lipinski definition) is 2. The Bertz CT molecular complexity index is 792. The third kappa shape index (κ3) is 5.35. The Labute approximate surface area is 148 Å². The molecule has 0 atom stereocenters. The number of anilines is 2. The van der Waals surface area contributed by atoms with Crippen molar-refractivity contribution in [1.29, 1.82) is 0 Å². The highest BCUT2D eigenvalue weighted by atomic mass is 16.6. The van der Waals surface area contributed by atoms with Crippen molar-refractivity contribution in [2.45, 2.75) is 40.2 Å². The Morgan fingerprint density at radius 2 is 1.64 bits per heavy atom. The van der Waals surface area contributed by atoms with E-state index < -0.39 is 11.7 Å². The average molecular weight is 340 g/mol. The first-order chi connectivity index (χ1) is 11.7. The Kier molecular flexibility index (Phi) is 5.47. The highest BCUT2D eigenvalue weighted by molar-refractivity contribution is 6.05. The van der Waals surface area contributed by atoms with E-state index in [1.165, 1.54) is 0 Å². The zero-order chi connectivity index (χ0) is 18.6.